The summed E-state index contributed by atoms with van der Waals surface area (Å²) in [6.07, 6.45) is -0.885. The van der Waals surface area contributed by atoms with Gasteiger partial charge >= 0.3 is 12.1 Å². The largest absolute Gasteiger partial charge is 0.481 e. The maximum atomic E-state index is 12.2. The highest BCUT2D eigenvalue weighted by molar-refractivity contribution is 5.86. The van der Waals surface area contributed by atoms with Crippen molar-refractivity contribution in [3.63, 3.8) is 0 Å². The molecule has 0 bridgehead atoms. The molecule has 152 valence electrons. The first kappa shape index (κ1) is 20.4. The normalized spacial score (nSPS) is 14.3. The maximum absolute atomic E-state index is 12.2. The third-order valence-corrected chi connectivity index (χ3v) is 4.94. The number of benzene rings is 2. The molecule has 2 aromatic rings. The summed E-state index contributed by atoms with van der Waals surface area (Å²) < 4.78 is 5.41. The van der Waals surface area contributed by atoms with Crippen LogP contribution >= 0.6 is 0 Å². The molecule has 0 aliphatic heterocycles. The maximum Gasteiger partial charge on any atom is 0.407 e. The first-order valence-electron chi connectivity index (χ1n) is 9.50. The molecular weight excluding hydrogens is 372 g/mol. The van der Waals surface area contributed by atoms with Gasteiger partial charge in [0.1, 0.15) is 12.6 Å². The lowest BCUT2D eigenvalue weighted by Gasteiger charge is -2.18. The number of carboxylic acid groups (broad SMARTS) is 1. The van der Waals surface area contributed by atoms with Gasteiger partial charge in [-0.15, -0.1) is 0 Å². The summed E-state index contributed by atoms with van der Waals surface area (Å²) in [5.41, 5.74) is 4.49. The number of rotatable bonds is 7. The number of hydrogen-bond acceptors (Lipinski definition) is 4. The van der Waals surface area contributed by atoms with Gasteiger partial charge < -0.3 is 20.5 Å². The minimum absolute atomic E-state index is 0.0622. The molecule has 0 heterocycles. The number of amides is 2. The van der Waals surface area contributed by atoms with Gasteiger partial charge in [-0.25, -0.2) is 4.79 Å². The van der Waals surface area contributed by atoms with Crippen LogP contribution in [0.25, 0.3) is 11.1 Å². The van der Waals surface area contributed by atoms with E-state index in [0.717, 1.165) is 22.3 Å². The predicted molar refractivity (Wildman–Crippen MR) is 108 cm³/mol. The predicted octanol–water partition coefficient (Wildman–Crippen LogP) is 2.89. The van der Waals surface area contributed by atoms with Gasteiger partial charge in [0.25, 0.3) is 0 Å². The molecular formula is C22H24N2O5. The Morgan fingerprint density at radius 1 is 0.966 bits per heavy atom. The number of hydrogen-bond donors (Lipinski definition) is 3. The molecule has 3 N–H and O–H groups in total. The van der Waals surface area contributed by atoms with Crippen LogP contribution in [-0.2, 0) is 14.3 Å². The number of alkyl carbamates (subject to hydrolysis) is 1. The molecule has 0 aromatic heterocycles. The van der Waals surface area contributed by atoms with Crippen LogP contribution in [0.3, 0.4) is 0 Å². The lowest BCUT2D eigenvalue weighted by atomic mass is 9.98. The van der Waals surface area contributed by atoms with Crippen molar-refractivity contribution in [2.24, 2.45) is 0 Å². The number of carbonyl (C=O) groups is 3. The first-order valence-corrected chi connectivity index (χ1v) is 9.50. The number of nitrogens with one attached hydrogen (secondary N) is 2. The molecule has 0 fully saturated rings. The van der Waals surface area contributed by atoms with Crippen LogP contribution in [-0.4, -0.2) is 41.8 Å². The minimum atomic E-state index is -1.00. The third kappa shape index (κ3) is 4.74. The fourth-order valence-electron chi connectivity index (χ4n) is 3.56. The van der Waals surface area contributed by atoms with Crippen LogP contribution in [0.5, 0.6) is 0 Å². The lowest BCUT2D eigenvalue weighted by Crippen LogP contribution is -2.48. The van der Waals surface area contributed by atoms with Crippen molar-refractivity contribution in [2.45, 2.75) is 38.3 Å². The zero-order valence-electron chi connectivity index (χ0n) is 16.3. The summed E-state index contributed by atoms with van der Waals surface area (Å²) in [6.45, 7) is 3.26. The second-order valence-corrected chi connectivity index (χ2v) is 7.20. The van der Waals surface area contributed by atoms with Crippen molar-refractivity contribution >= 4 is 18.0 Å². The van der Waals surface area contributed by atoms with E-state index in [1.165, 1.54) is 6.92 Å². The summed E-state index contributed by atoms with van der Waals surface area (Å²) in [6, 6.07) is 14.7. The molecule has 1 aliphatic rings. The molecule has 0 saturated heterocycles. The van der Waals surface area contributed by atoms with E-state index in [0.29, 0.717) is 0 Å². The zero-order valence-corrected chi connectivity index (χ0v) is 16.3. The van der Waals surface area contributed by atoms with Crippen molar-refractivity contribution in [3.8, 4) is 11.1 Å². The van der Waals surface area contributed by atoms with Gasteiger partial charge in [0.15, 0.2) is 0 Å². The van der Waals surface area contributed by atoms with E-state index in [2.05, 4.69) is 22.8 Å². The van der Waals surface area contributed by atoms with Gasteiger partial charge in [0.05, 0.1) is 6.42 Å². The van der Waals surface area contributed by atoms with E-state index in [4.69, 9.17) is 9.84 Å². The number of fused-ring (bicyclic) bond motifs is 3. The van der Waals surface area contributed by atoms with E-state index in [9.17, 15) is 14.4 Å². The fraction of sp³-hybridized carbons (Fsp3) is 0.318. The topological polar surface area (TPSA) is 105 Å². The molecule has 2 amide bonds. The Morgan fingerprint density at radius 2 is 1.52 bits per heavy atom. The quantitative estimate of drug-likeness (QED) is 0.667. The third-order valence-electron chi connectivity index (χ3n) is 4.94. The van der Waals surface area contributed by atoms with Gasteiger partial charge in [0.2, 0.25) is 5.91 Å². The Morgan fingerprint density at radius 3 is 2.07 bits per heavy atom. The van der Waals surface area contributed by atoms with Crippen molar-refractivity contribution in [3.05, 3.63) is 59.7 Å². The van der Waals surface area contributed by atoms with Crippen LogP contribution in [0, 0.1) is 0 Å². The van der Waals surface area contributed by atoms with Crippen LogP contribution in [0.15, 0.2) is 48.5 Å². The Balaban J connectivity index is 1.57. The second kappa shape index (κ2) is 8.77. The monoisotopic (exact) mass is 396 g/mol. The van der Waals surface area contributed by atoms with Crippen LogP contribution in [0.2, 0.25) is 0 Å². The average molecular weight is 396 g/mol. The molecule has 2 atom stereocenters. The molecule has 0 unspecified atom stereocenters. The Hall–Kier alpha value is -3.35. The Labute approximate surface area is 169 Å². The van der Waals surface area contributed by atoms with E-state index in [1.807, 2.05) is 36.4 Å². The van der Waals surface area contributed by atoms with E-state index in [-0.39, 0.29) is 18.9 Å². The number of carbonyl (C=O) groups excluding carboxylic acids is 2. The van der Waals surface area contributed by atoms with Gasteiger partial charge in [0, 0.05) is 12.0 Å². The number of aliphatic carboxylic acids is 1. The molecule has 0 radical (unpaired) electrons. The molecule has 7 heteroatoms. The highest BCUT2D eigenvalue weighted by Gasteiger charge is 2.29. The highest BCUT2D eigenvalue weighted by Crippen LogP contribution is 2.44. The summed E-state index contributed by atoms with van der Waals surface area (Å²) in [7, 11) is 0. The highest BCUT2D eigenvalue weighted by atomic mass is 16.5. The van der Waals surface area contributed by atoms with E-state index >= 15 is 0 Å². The molecule has 2 aromatic carbocycles. The molecule has 1 aliphatic carbocycles. The minimum Gasteiger partial charge on any atom is -0.481 e. The van der Waals surface area contributed by atoms with E-state index in [1.54, 1.807) is 6.92 Å². The van der Waals surface area contributed by atoms with Crippen molar-refractivity contribution < 1.29 is 24.2 Å². The van der Waals surface area contributed by atoms with Crippen molar-refractivity contribution in [1.29, 1.82) is 0 Å². The molecule has 0 saturated carbocycles. The molecule has 3 rings (SSSR count). The second-order valence-electron chi connectivity index (χ2n) is 7.20. The van der Waals surface area contributed by atoms with Gasteiger partial charge in [-0.1, -0.05) is 48.5 Å². The Bertz CT molecular complexity index is 881. The summed E-state index contributed by atoms with van der Waals surface area (Å²) in [4.78, 5) is 35.0. The lowest BCUT2D eigenvalue weighted by molar-refractivity contribution is -0.137. The van der Waals surface area contributed by atoms with Crippen LogP contribution in [0.1, 0.15) is 37.3 Å². The number of carboxylic acids is 1. The SMILES string of the molecule is C[C@H](CC(=O)O)NC(=O)[C@H](C)NC(=O)OCC1c2ccccc2-c2ccccc21. The molecule has 0 spiro atoms. The van der Waals surface area contributed by atoms with Crippen LogP contribution < -0.4 is 10.6 Å². The van der Waals surface area contributed by atoms with Crippen molar-refractivity contribution in [1.82, 2.24) is 10.6 Å². The Kier molecular flexibility index (Phi) is 6.16. The molecule has 7 nitrogen and oxygen atoms in total. The fourth-order valence-corrected chi connectivity index (χ4v) is 3.56. The first-order chi connectivity index (χ1) is 13.9. The van der Waals surface area contributed by atoms with Crippen molar-refractivity contribution in [2.75, 3.05) is 6.61 Å². The zero-order chi connectivity index (χ0) is 21.0. The van der Waals surface area contributed by atoms with Crippen LogP contribution in [0.4, 0.5) is 4.79 Å². The van der Waals surface area contributed by atoms with Gasteiger partial charge in [-0.2, -0.15) is 0 Å². The smallest absolute Gasteiger partial charge is 0.407 e. The van der Waals surface area contributed by atoms with E-state index < -0.39 is 30.1 Å². The molecule has 29 heavy (non-hydrogen) atoms. The standard InChI is InChI=1S/C22H24N2O5/c1-13(11-20(25)26)23-21(27)14(2)24-22(28)29-12-19-17-9-5-3-7-15(17)16-8-4-6-10-18(16)19/h3-10,13-14,19H,11-12H2,1-2H3,(H,23,27)(H,24,28)(H,25,26)/t13-,14+/m1/s1. The average Bonchev–Trinajstić information content (AvgIpc) is 2.99. The van der Waals surface area contributed by atoms with Gasteiger partial charge in [-0.3, -0.25) is 9.59 Å². The number of ether oxygens (including phenoxy) is 1. The summed E-state index contributed by atoms with van der Waals surface area (Å²) in [5, 5.41) is 13.8. The summed E-state index contributed by atoms with van der Waals surface area (Å²) >= 11 is 0. The summed E-state index contributed by atoms with van der Waals surface area (Å²) in [5.74, 6) is -1.53. The van der Waals surface area contributed by atoms with Gasteiger partial charge in [-0.05, 0) is 36.1 Å².